The lowest BCUT2D eigenvalue weighted by molar-refractivity contribution is -0.129. The number of fused-ring (bicyclic) bond motifs is 1. The number of amides is 1. The second kappa shape index (κ2) is 5.27. The molecular weight excluding hydrogens is 280 g/mol. The Morgan fingerprint density at radius 2 is 2.00 bits per heavy atom. The van der Waals surface area contributed by atoms with Crippen LogP contribution in [0.4, 0.5) is 0 Å². The smallest absolute Gasteiger partial charge is 0.243 e. The van der Waals surface area contributed by atoms with E-state index < -0.39 is 20.7 Å². The lowest BCUT2D eigenvalue weighted by Crippen LogP contribution is -2.50. The summed E-state index contributed by atoms with van der Waals surface area (Å²) < 4.78 is 32.4. The van der Waals surface area contributed by atoms with Gasteiger partial charge < -0.3 is 10.1 Å². The van der Waals surface area contributed by atoms with Crippen LogP contribution in [-0.4, -0.2) is 45.9 Å². The summed E-state index contributed by atoms with van der Waals surface area (Å²) in [6.45, 7) is 2.07. The van der Waals surface area contributed by atoms with Crippen LogP contribution < -0.4 is 10.0 Å². The SMILES string of the molecule is O=C(NS(=O)(=O)C1CCCCC1)[C@]12CNC[C@H]1COC2. The summed E-state index contributed by atoms with van der Waals surface area (Å²) in [6, 6.07) is 0. The highest BCUT2D eigenvalue weighted by Crippen LogP contribution is 2.38. The van der Waals surface area contributed by atoms with Gasteiger partial charge in [0.2, 0.25) is 15.9 Å². The zero-order chi connectivity index (χ0) is 14.2. The van der Waals surface area contributed by atoms with E-state index in [0.29, 0.717) is 32.6 Å². The fourth-order valence-electron chi connectivity index (χ4n) is 3.60. The van der Waals surface area contributed by atoms with Gasteiger partial charge in [-0.25, -0.2) is 8.42 Å². The summed E-state index contributed by atoms with van der Waals surface area (Å²) in [5, 5.41) is 2.77. The van der Waals surface area contributed by atoms with Crippen LogP contribution in [0.25, 0.3) is 0 Å². The largest absolute Gasteiger partial charge is 0.380 e. The van der Waals surface area contributed by atoms with Gasteiger partial charge in [-0.1, -0.05) is 19.3 Å². The van der Waals surface area contributed by atoms with Gasteiger partial charge in [-0.15, -0.1) is 0 Å². The van der Waals surface area contributed by atoms with E-state index in [2.05, 4.69) is 10.0 Å². The second-order valence-corrected chi connectivity index (χ2v) is 8.20. The van der Waals surface area contributed by atoms with E-state index in [9.17, 15) is 13.2 Å². The maximum atomic E-state index is 12.5. The van der Waals surface area contributed by atoms with E-state index in [0.717, 1.165) is 25.8 Å². The molecule has 114 valence electrons. The van der Waals surface area contributed by atoms with E-state index in [-0.39, 0.29) is 11.8 Å². The van der Waals surface area contributed by atoms with Crippen LogP contribution in [0.15, 0.2) is 0 Å². The Balaban J connectivity index is 1.72. The van der Waals surface area contributed by atoms with Crippen molar-refractivity contribution in [2.45, 2.75) is 37.4 Å². The number of hydrogen-bond donors (Lipinski definition) is 2. The van der Waals surface area contributed by atoms with E-state index in [4.69, 9.17) is 4.74 Å². The topological polar surface area (TPSA) is 84.5 Å². The molecule has 1 saturated carbocycles. The maximum absolute atomic E-state index is 12.5. The molecule has 2 atom stereocenters. The Labute approximate surface area is 119 Å². The molecule has 0 unspecified atom stereocenters. The molecule has 1 aliphatic carbocycles. The average Bonchev–Trinajstić information content (AvgIpc) is 2.99. The first-order valence-corrected chi connectivity index (χ1v) is 8.94. The van der Waals surface area contributed by atoms with Gasteiger partial charge in [0.05, 0.1) is 23.9 Å². The van der Waals surface area contributed by atoms with E-state index in [1.165, 1.54) is 0 Å². The first-order chi connectivity index (χ1) is 9.55. The summed E-state index contributed by atoms with van der Waals surface area (Å²) >= 11 is 0. The Hall–Kier alpha value is -0.660. The van der Waals surface area contributed by atoms with Gasteiger partial charge in [-0.2, -0.15) is 0 Å². The van der Waals surface area contributed by atoms with E-state index >= 15 is 0 Å². The summed E-state index contributed by atoms with van der Waals surface area (Å²) in [4.78, 5) is 12.5. The number of sulfonamides is 1. The second-order valence-electron chi connectivity index (χ2n) is 6.24. The molecule has 1 amide bonds. The number of carbonyl (C=O) groups is 1. The molecule has 0 aromatic carbocycles. The molecule has 3 fully saturated rings. The van der Waals surface area contributed by atoms with Crippen LogP contribution in [0.3, 0.4) is 0 Å². The molecule has 2 heterocycles. The Morgan fingerprint density at radius 1 is 1.25 bits per heavy atom. The standard InChI is InChI=1S/C13H22N2O4S/c16-12(13-8-14-6-10(13)7-19-9-13)15-20(17,18)11-4-2-1-3-5-11/h10-11,14H,1-9H2,(H,15,16)/t10-,13-/m0/s1. The van der Waals surface area contributed by atoms with Crippen molar-refractivity contribution in [1.82, 2.24) is 10.0 Å². The molecule has 20 heavy (non-hydrogen) atoms. The van der Waals surface area contributed by atoms with Gasteiger partial charge in [-0.05, 0) is 12.8 Å². The number of hydrogen-bond acceptors (Lipinski definition) is 5. The van der Waals surface area contributed by atoms with Crippen LogP contribution in [0.5, 0.6) is 0 Å². The highest BCUT2D eigenvalue weighted by atomic mass is 32.2. The molecule has 3 rings (SSSR count). The minimum absolute atomic E-state index is 0.0871. The number of ether oxygens (including phenoxy) is 1. The first kappa shape index (κ1) is 14.3. The molecular formula is C13H22N2O4S. The van der Waals surface area contributed by atoms with Crippen molar-refractivity contribution < 1.29 is 17.9 Å². The average molecular weight is 302 g/mol. The van der Waals surface area contributed by atoms with Gasteiger partial charge in [-0.3, -0.25) is 9.52 Å². The predicted molar refractivity (Wildman–Crippen MR) is 73.5 cm³/mol. The minimum atomic E-state index is -3.55. The third-order valence-corrected chi connectivity index (χ3v) is 6.79. The van der Waals surface area contributed by atoms with Crippen molar-refractivity contribution >= 4 is 15.9 Å². The molecule has 0 radical (unpaired) electrons. The van der Waals surface area contributed by atoms with Crippen molar-refractivity contribution in [3.63, 3.8) is 0 Å². The summed E-state index contributed by atoms with van der Waals surface area (Å²) in [7, 11) is -3.55. The van der Waals surface area contributed by atoms with E-state index in [1.54, 1.807) is 0 Å². The first-order valence-electron chi connectivity index (χ1n) is 7.39. The van der Waals surface area contributed by atoms with Gasteiger partial charge >= 0.3 is 0 Å². The predicted octanol–water partition coefficient (Wildman–Crippen LogP) is 0.00110. The molecule has 6 nitrogen and oxygen atoms in total. The molecule has 2 N–H and O–H groups in total. The lowest BCUT2D eigenvalue weighted by Gasteiger charge is -2.27. The monoisotopic (exact) mass is 302 g/mol. The maximum Gasteiger partial charge on any atom is 0.243 e. The molecule has 0 bridgehead atoms. The normalized spacial score (nSPS) is 34.9. The summed E-state index contributed by atoms with van der Waals surface area (Å²) in [6.07, 6.45) is 4.27. The molecule has 0 aromatic heterocycles. The third kappa shape index (κ3) is 2.35. The van der Waals surface area contributed by atoms with Crippen molar-refractivity contribution in [3.8, 4) is 0 Å². The third-order valence-electron chi connectivity index (χ3n) is 4.97. The summed E-state index contributed by atoms with van der Waals surface area (Å²) in [5.74, 6) is -0.292. The van der Waals surface area contributed by atoms with Crippen molar-refractivity contribution in [3.05, 3.63) is 0 Å². The van der Waals surface area contributed by atoms with Crippen LogP contribution in [0, 0.1) is 11.3 Å². The van der Waals surface area contributed by atoms with Crippen LogP contribution in [0.2, 0.25) is 0 Å². The molecule has 7 heteroatoms. The Kier molecular flexibility index (Phi) is 3.77. The quantitative estimate of drug-likeness (QED) is 0.767. The van der Waals surface area contributed by atoms with Crippen LogP contribution in [0.1, 0.15) is 32.1 Å². The van der Waals surface area contributed by atoms with Gasteiger partial charge in [0, 0.05) is 19.0 Å². The lowest BCUT2D eigenvalue weighted by atomic mass is 9.80. The fourth-order valence-corrected chi connectivity index (χ4v) is 5.18. The summed E-state index contributed by atoms with van der Waals surface area (Å²) in [5.41, 5.74) is -0.693. The highest BCUT2D eigenvalue weighted by molar-refractivity contribution is 7.90. The van der Waals surface area contributed by atoms with Gasteiger partial charge in [0.1, 0.15) is 0 Å². The van der Waals surface area contributed by atoms with Crippen LogP contribution in [-0.2, 0) is 19.6 Å². The molecule has 2 aliphatic heterocycles. The van der Waals surface area contributed by atoms with Gasteiger partial charge in [0.25, 0.3) is 0 Å². The zero-order valence-electron chi connectivity index (χ0n) is 11.6. The number of rotatable bonds is 3. The van der Waals surface area contributed by atoms with Gasteiger partial charge in [0.15, 0.2) is 0 Å². The van der Waals surface area contributed by atoms with Crippen molar-refractivity contribution in [2.24, 2.45) is 11.3 Å². The molecule has 0 spiro atoms. The molecule has 2 saturated heterocycles. The Bertz CT molecular complexity index is 475. The number of nitrogens with one attached hydrogen (secondary N) is 2. The number of carbonyl (C=O) groups excluding carboxylic acids is 1. The van der Waals surface area contributed by atoms with Crippen LogP contribution >= 0.6 is 0 Å². The van der Waals surface area contributed by atoms with Crippen molar-refractivity contribution in [2.75, 3.05) is 26.3 Å². The minimum Gasteiger partial charge on any atom is -0.380 e. The fraction of sp³-hybridized carbons (Fsp3) is 0.923. The highest BCUT2D eigenvalue weighted by Gasteiger charge is 2.54. The zero-order valence-corrected chi connectivity index (χ0v) is 12.4. The van der Waals surface area contributed by atoms with E-state index in [1.807, 2.05) is 0 Å². The molecule has 3 aliphatic rings. The van der Waals surface area contributed by atoms with Crippen molar-refractivity contribution in [1.29, 1.82) is 0 Å². The molecule has 0 aromatic rings. The Morgan fingerprint density at radius 3 is 2.75 bits per heavy atom.